The van der Waals surface area contributed by atoms with Crippen molar-refractivity contribution in [1.82, 2.24) is 16.0 Å². The van der Waals surface area contributed by atoms with Crippen LogP contribution < -0.4 is 21.7 Å². The highest BCUT2D eigenvalue weighted by Gasteiger charge is 2.35. The van der Waals surface area contributed by atoms with E-state index >= 15 is 0 Å². The fourth-order valence-corrected chi connectivity index (χ4v) is 8.25. The highest BCUT2D eigenvalue weighted by atomic mass is 79.9. The van der Waals surface area contributed by atoms with Gasteiger partial charge in [0.05, 0.1) is 101 Å². The molecule has 26 heteroatoms. The second kappa shape index (κ2) is 55.5. The zero-order chi connectivity index (χ0) is 54.0. The van der Waals surface area contributed by atoms with Crippen LogP contribution in [0.1, 0.15) is 98.5 Å². The van der Waals surface area contributed by atoms with Crippen LogP contribution in [0.15, 0.2) is 102 Å². The van der Waals surface area contributed by atoms with Gasteiger partial charge in [0.2, 0.25) is 0 Å². The third kappa shape index (κ3) is 34.4. The number of hydrogen-bond donors (Lipinski definition) is 5. The van der Waals surface area contributed by atoms with Crippen LogP contribution in [0.5, 0.6) is 0 Å². The van der Waals surface area contributed by atoms with Gasteiger partial charge in [-0.1, -0.05) is 98.4 Å². The molecule has 4 aliphatic rings. The molecule has 4 aliphatic heterocycles. The number of hydrogen-bond acceptors (Lipinski definition) is 18. The van der Waals surface area contributed by atoms with Crippen LogP contribution in [0.25, 0.3) is 0 Å². The summed E-state index contributed by atoms with van der Waals surface area (Å²) in [5, 5.41) is 10.4. The Morgan fingerprint density at radius 3 is 1.26 bits per heavy atom. The van der Waals surface area contributed by atoms with Crippen molar-refractivity contribution in [2.24, 2.45) is 23.5 Å². The van der Waals surface area contributed by atoms with Gasteiger partial charge in [-0.3, -0.25) is 14.4 Å². The minimum atomic E-state index is -0.317. The van der Waals surface area contributed by atoms with Gasteiger partial charge >= 0.3 is 23.9 Å². The summed E-state index contributed by atoms with van der Waals surface area (Å²) in [4.78, 5) is 55.0. The molecule has 3 aromatic rings. The Kier molecular flexibility index (Phi) is 63.3. The summed E-state index contributed by atoms with van der Waals surface area (Å²) in [6.07, 6.45) is 3.86. The number of ether oxygens (including phenoxy) is 8. The normalized spacial score (nSPS) is 20.1. The summed E-state index contributed by atoms with van der Waals surface area (Å²) in [6, 6.07) is 31.3. The van der Waals surface area contributed by atoms with Gasteiger partial charge in [0.1, 0.15) is 6.29 Å². The molecule has 3 aromatic carbocycles. The lowest BCUT2D eigenvalue weighted by Gasteiger charge is -2.32. The van der Waals surface area contributed by atoms with Crippen molar-refractivity contribution >= 4 is 148 Å². The lowest BCUT2D eigenvalue weighted by atomic mass is 9.94. The molecule has 0 spiro atoms. The second-order valence-electron chi connectivity index (χ2n) is 17.2. The Labute approximate surface area is 549 Å². The van der Waals surface area contributed by atoms with E-state index < -0.39 is 0 Å². The Bertz CT molecular complexity index is 2010. The zero-order valence-corrected chi connectivity index (χ0v) is 57.0. The molecule has 0 radical (unpaired) electrons. The first kappa shape index (κ1) is 92.3. The number of carbonyl (C=O) groups is 5. The van der Waals surface area contributed by atoms with E-state index in [1.165, 1.54) is 52.1 Å². The van der Waals surface area contributed by atoms with Gasteiger partial charge in [0.15, 0.2) is 0 Å². The molecule has 81 heavy (non-hydrogen) atoms. The van der Waals surface area contributed by atoms with Crippen LogP contribution in [-0.2, 0) is 61.9 Å². The molecule has 1 unspecified atom stereocenters. The van der Waals surface area contributed by atoms with E-state index in [9.17, 15) is 19.2 Å². The fourth-order valence-electron chi connectivity index (χ4n) is 8.25. The smallest absolute Gasteiger partial charge is 0.337 e. The maximum absolute atomic E-state index is 11.8. The molecule has 0 saturated carbocycles. The SMILES string of the molecule is Br.Br.C.CC=O.COC(=O)C1=C(N[C@@H](C)c2ccccc2)CCOC1.COC(=O)[C@@H]1COCCC1N[C@H](C)c1ccccc1.COC(=O)[C@@H]1COCC[C@@H]1N.COC(=O)[C@@H]1COCC[C@@H]1N[C@@H](C)c1ccccc1.OBr.S.S.S.S.S.[HH].[HH]. The Balaban J connectivity index is -0.000000119. The largest absolute Gasteiger partial charge is 0.469 e. The molecule has 9 atom stereocenters. The summed E-state index contributed by atoms with van der Waals surface area (Å²) in [5.41, 5.74) is 10.8. The molecule has 0 aromatic heterocycles. The van der Waals surface area contributed by atoms with Crippen molar-refractivity contribution in [1.29, 1.82) is 0 Å². The number of rotatable bonds is 13. The van der Waals surface area contributed by atoms with Gasteiger partial charge in [-0.2, -0.15) is 67.5 Å². The van der Waals surface area contributed by atoms with E-state index in [-0.39, 0.29) is 190 Å². The van der Waals surface area contributed by atoms with Crippen molar-refractivity contribution in [2.75, 3.05) is 81.3 Å². The number of nitrogens with one attached hydrogen (secondary N) is 3. The third-order valence-electron chi connectivity index (χ3n) is 12.4. The Morgan fingerprint density at radius 1 is 0.580 bits per heavy atom. The van der Waals surface area contributed by atoms with Crippen LogP contribution in [0.2, 0.25) is 0 Å². The van der Waals surface area contributed by atoms with E-state index in [2.05, 4.69) is 77.9 Å². The first-order valence-corrected chi connectivity index (χ1v) is 25.1. The zero-order valence-electron chi connectivity index (χ0n) is 46.9. The lowest BCUT2D eigenvalue weighted by Crippen LogP contribution is -2.47. The van der Waals surface area contributed by atoms with Crippen LogP contribution in [0, 0.1) is 17.8 Å². The van der Waals surface area contributed by atoms with Crippen LogP contribution >= 0.6 is 118 Å². The van der Waals surface area contributed by atoms with Crippen LogP contribution in [0.4, 0.5) is 0 Å². The quantitative estimate of drug-likeness (QED) is 0.0610. The highest BCUT2D eigenvalue weighted by Crippen LogP contribution is 2.24. The summed E-state index contributed by atoms with van der Waals surface area (Å²) < 4.78 is 47.0. The van der Waals surface area contributed by atoms with Crippen molar-refractivity contribution < 1.29 is 68.9 Å². The van der Waals surface area contributed by atoms with E-state index in [0.29, 0.717) is 64.8 Å². The number of methoxy groups -OCH3 is 4. The van der Waals surface area contributed by atoms with Crippen molar-refractivity contribution in [3.05, 3.63) is 119 Å². The fraction of sp³-hybridized carbons (Fsp3) is 0.545. The highest BCUT2D eigenvalue weighted by molar-refractivity contribution is 9.05. The number of aldehydes is 1. The molecule has 474 valence electrons. The van der Waals surface area contributed by atoms with E-state index in [0.717, 1.165) is 31.2 Å². The van der Waals surface area contributed by atoms with Crippen molar-refractivity contribution in [2.45, 2.75) is 97.1 Å². The number of nitrogens with two attached hydrogens (primary N) is 1. The predicted octanol–water partition coefficient (Wildman–Crippen LogP) is 8.88. The second-order valence-corrected chi connectivity index (χ2v) is 17.2. The lowest BCUT2D eigenvalue weighted by molar-refractivity contribution is -0.152. The molecule has 18 nitrogen and oxygen atoms in total. The minimum absolute atomic E-state index is 0. The molecular formula is C55H99Br3N4O14S5. The van der Waals surface area contributed by atoms with Crippen molar-refractivity contribution in [3.8, 4) is 0 Å². The maximum Gasteiger partial charge on any atom is 0.337 e. The number of esters is 4. The van der Waals surface area contributed by atoms with E-state index in [4.69, 9.17) is 47.9 Å². The molecule has 0 bridgehead atoms. The van der Waals surface area contributed by atoms with Crippen LogP contribution in [0.3, 0.4) is 0 Å². The van der Waals surface area contributed by atoms with Crippen molar-refractivity contribution in [3.63, 3.8) is 0 Å². The molecule has 6 N–H and O–H groups in total. The Hall–Kier alpha value is -2.38. The van der Waals surface area contributed by atoms with Gasteiger partial charge in [-0.25, -0.2) is 4.79 Å². The molecule has 7 rings (SSSR count). The van der Waals surface area contributed by atoms with Gasteiger partial charge in [-0.15, -0.1) is 34.0 Å². The Morgan fingerprint density at radius 2 is 0.914 bits per heavy atom. The molecule has 0 amide bonds. The molecule has 3 saturated heterocycles. The monoisotopic (exact) mass is 1440 g/mol. The van der Waals surface area contributed by atoms with Gasteiger partial charge in [0, 0.05) is 71.0 Å². The van der Waals surface area contributed by atoms with E-state index in [1.54, 1.807) is 0 Å². The maximum atomic E-state index is 11.8. The first-order chi connectivity index (χ1) is 35.3. The summed E-state index contributed by atoms with van der Waals surface area (Å²) in [7, 11) is 5.61. The topological polar surface area (TPSA) is 242 Å². The number of benzene rings is 3. The average molecular weight is 1440 g/mol. The minimum Gasteiger partial charge on any atom is -0.469 e. The van der Waals surface area contributed by atoms with Gasteiger partial charge in [0.25, 0.3) is 0 Å². The molecular weight excluding hydrogens is 1340 g/mol. The average Bonchev–Trinajstić information content (AvgIpc) is 3.44. The standard InChI is InChI=1S/2C15H21NO3.C15H19NO3.C7H13NO3.C2H4O.CH4.BrHO.2BrH.5H2S.2H2/c3*1-11(12-6-4-3-5-7-12)16-14-8-9-19-10-13(14)15(17)18-2;1-10-7(9)5-4-11-3-2-6(5)8;1-2-3;;1-2;;;;;;;;;/h2*3-7,11,13-14,16H,8-10H2,1-2H3;3-7,11,16H,8-10H2,1-2H3;5-6H,2-4,8H2,1H3;2H,1H3;1H4;2H;2*1H;5*1H2;2*1H/t11-,13+,14-;11-,13-,14?;11-;5-,6+;;;;;;;;;;;;/m0101............/s1. The van der Waals surface area contributed by atoms with Gasteiger partial charge in [-0.05, 0) is 63.6 Å². The molecule has 3 fully saturated rings. The summed E-state index contributed by atoms with van der Waals surface area (Å²) in [6.45, 7) is 12.0. The summed E-state index contributed by atoms with van der Waals surface area (Å²) in [5.74, 6) is -1.68. The molecule has 0 aliphatic carbocycles. The third-order valence-corrected chi connectivity index (χ3v) is 12.4. The molecule has 4 heterocycles. The number of halogens is 3. The van der Waals surface area contributed by atoms with E-state index in [1.807, 2.05) is 70.9 Å². The summed E-state index contributed by atoms with van der Waals surface area (Å²) >= 11 is 1.94. The van der Waals surface area contributed by atoms with Crippen LogP contribution in [-0.4, -0.2) is 134 Å². The van der Waals surface area contributed by atoms with Gasteiger partial charge < -0.3 is 68.6 Å². The predicted molar refractivity (Wildman–Crippen MR) is 363 cm³/mol. The first-order valence-electron chi connectivity index (χ1n) is 24.4. The number of carbonyl (C=O) groups excluding carboxylic acids is 5.